The summed E-state index contributed by atoms with van der Waals surface area (Å²) in [6.07, 6.45) is 2.19. The van der Waals surface area contributed by atoms with Crippen LogP contribution < -0.4 is 0 Å². The van der Waals surface area contributed by atoms with Crippen LogP contribution in [0.1, 0.15) is 16.7 Å². The molecule has 1 aromatic heterocycles. The minimum atomic E-state index is 0.888. The highest BCUT2D eigenvalue weighted by Crippen LogP contribution is 2.29. The zero-order valence-electron chi connectivity index (χ0n) is 12.5. The SMILES string of the molecule is C(=C(c1ccccc1)c1cccc2[nH]nnc12)c1ccccc1. The van der Waals surface area contributed by atoms with E-state index < -0.39 is 0 Å². The summed E-state index contributed by atoms with van der Waals surface area (Å²) in [7, 11) is 0. The van der Waals surface area contributed by atoms with E-state index in [1.165, 1.54) is 0 Å². The van der Waals surface area contributed by atoms with Crippen molar-refractivity contribution in [2.24, 2.45) is 0 Å². The van der Waals surface area contributed by atoms with Crippen molar-refractivity contribution < 1.29 is 0 Å². The van der Waals surface area contributed by atoms with E-state index in [2.05, 4.69) is 64.0 Å². The second kappa shape index (κ2) is 5.89. The molecule has 0 spiro atoms. The Bertz CT molecular complexity index is 954. The van der Waals surface area contributed by atoms with Gasteiger partial charge in [0.05, 0.1) is 5.52 Å². The normalized spacial score (nSPS) is 11.7. The number of H-pyrrole nitrogens is 1. The molecule has 0 unspecified atom stereocenters. The maximum atomic E-state index is 4.26. The molecule has 0 aliphatic carbocycles. The van der Waals surface area contributed by atoms with E-state index >= 15 is 0 Å². The molecule has 0 aliphatic rings. The molecule has 0 bridgehead atoms. The first-order valence-corrected chi connectivity index (χ1v) is 7.54. The molecule has 0 radical (unpaired) electrons. The van der Waals surface area contributed by atoms with E-state index in [-0.39, 0.29) is 0 Å². The standard InChI is InChI=1S/C20H15N3/c1-3-8-15(9-4-1)14-18(16-10-5-2-6-11-16)17-12-7-13-19-20(17)22-23-21-19/h1-14H,(H,21,22,23). The van der Waals surface area contributed by atoms with Crippen molar-refractivity contribution in [3.05, 3.63) is 95.6 Å². The Labute approximate surface area is 134 Å². The van der Waals surface area contributed by atoms with Gasteiger partial charge in [-0.25, -0.2) is 0 Å². The third-order valence-corrected chi connectivity index (χ3v) is 3.84. The average molecular weight is 297 g/mol. The van der Waals surface area contributed by atoms with Gasteiger partial charge in [-0.15, -0.1) is 5.10 Å². The first-order chi connectivity index (χ1) is 11.4. The van der Waals surface area contributed by atoms with Crippen molar-refractivity contribution in [2.45, 2.75) is 0 Å². The summed E-state index contributed by atoms with van der Waals surface area (Å²) >= 11 is 0. The topological polar surface area (TPSA) is 41.6 Å². The summed E-state index contributed by atoms with van der Waals surface area (Å²) in [5, 5.41) is 11.1. The Kier molecular flexibility index (Phi) is 3.45. The summed E-state index contributed by atoms with van der Waals surface area (Å²) in [5.74, 6) is 0. The monoisotopic (exact) mass is 297 g/mol. The summed E-state index contributed by atoms with van der Waals surface area (Å²) in [4.78, 5) is 0. The number of aromatic amines is 1. The van der Waals surface area contributed by atoms with Crippen LogP contribution >= 0.6 is 0 Å². The highest BCUT2D eigenvalue weighted by Gasteiger charge is 2.11. The Hall–Kier alpha value is -3.20. The fraction of sp³-hybridized carbons (Fsp3) is 0. The van der Waals surface area contributed by atoms with Crippen LogP contribution in [0.15, 0.2) is 78.9 Å². The summed E-state index contributed by atoms with van der Waals surface area (Å²) in [5.41, 5.74) is 6.36. The predicted molar refractivity (Wildman–Crippen MR) is 93.7 cm³/mol. The number of fused-ring (bicyclic) bond motifs is 1. The third-order valence-electron chi connectivity index (χ3n) is 3.84. The lowest BCUT2D eigenvalue weighted by atomic mass is 9.95. The first kappa shape index (κ1) is 13.5. The lowest BCUT2D eigenvalue weighted by molar-refractivity contribution is 0.959. The molecule has 110 valence electrons. The maximum absolute atomic E-state index is 4.26. The lowest BCUT2D eigenvalue weighted by Gasteiger charge is -2.09. The van der Waals surface area contributed by atoms with Gasteiger partial charge < -0.3 is 0 Å². The second-order valence-electron chi connectivity index (χ2n) is 5.35. The van der Waals surface area contributed by atoms with Gasteiger partial charge in [0, 0.05) is 5.56 Å². The van der Waals surface area contributed by atoms with E-state index in [4.69, 9.17) is 0 Å². The fourth-order valence-electron chi connectivity index (χ4n) is 2.74. The van der Waals surface area contributed by atoms with E-state index in [1.54, 1.807) is 0 Å². The largest absolute Gasteiger partial charge is 0.258 e. The van der Waals surface area contributed by atoms with Gasteiger partial charge in [0.1, 0.15) is 5.52 Å². The molecule has 0 saturated heterocycles. The van der Waals surface area contributed by atoms with E-state index in [0.717, 1.165) is 33.3 Å². The van der Waals surface area contributed by atoms with E-state index in [9.17, 15) is 0 Å². The van der Waals surface area contributed by atoms with Crippen LogP contribution in [0, 0.1) is 0 Å². The van der Waals surface area contributed by atoms with Gasteiger partial charge in [0.25, 0.3) is 0 Å². The van der Waals surface area contributed by atoms with Gasteiger partial charge in [-0.2, -0.15) is 0 Å². The van der Waals surface area contributed by atoms with Crippen molar-refractivity contribution in [2.75, 3.05) is 0 Å². The smallest absolute Gasteiger partial charge is 0.120 e. The molecular weight excluding hydrogens is 282 g/mol. The van der Waals surface area contributed by atoms with Gasteiger partial charge in [0.2, 0.25) is 0 Å². The summed E-state index contributed by atoms with van der Waals surface area (Å²) in [6.45, 7) is 0. The molecule has 0 atom stereocenters. The number of hydrogen-bond donors (Lipinski definition) is 1. The summed E-state index contributed by atoms with van der Waals surface area (Å²) in [6, 6.07) is 26.8. The van der Waals surface area contributed by atoms with Crippen LogP contribution in [0.4, 0.5) is 0 Å². The van der Waals surface area contributed by atoms with Gasteiger partial charge in [0.15, 0.2) is 0 Å². The van der Waals surface area contributed by atoms with E-state index in [1.807, 2.05) is 36.4 Å². The number of nitrogens with zero attached hydrogens (tertiary/aromatic N) is 2. The van der Waals surface area contributed by atoms with Gasteiger partial charge in [-0.3, -0.25) is 5.10 Å². The molecule has 3 aromatic carbocycles. The van der Waals surface area contributed by atoms with E-state index in [0.29, 0.717) is 0 Å². The Morgan fingerprint density at radius 3 is 2.30 bits per heavy atom. The highest BCUT2D eigenvalue weighted by atomic mass is 15.3. The molecule has 1 heterocycles. The van der Waals surface area contributed by atoms with Crippen LogP contribution in [0.2, 0.25) is 0 Å². The molecule has 3 heteroatoms. The van der Waals surface area contributed by atoms with Crippen molar-refractivity contribution >= 4 is 22.7 Å². The zero-order valence-corrected chi connectivity index (χ0v) is 12.5. The maximum Gasteiger partial charge on any atom is 0.120 e. The van der Waals surface area contributed by atoms with Crippen LogP contribution in [-0.2, 0) is 0 Å². The van der Waals surface area contributed by atoms with Crippen LogP contribution in [0.3, 0.4) is 0 Å². The highest BCUT2D eigenvalue weighted by molar-refractivity contribution is 5.99. The first-order valence-electron chi connectivity index (χ1n) is 7.54. The van der Waals surface area contributed by atoms with Crippen molar-refractivity contribution in [1.82, 2.24) is 15.4 Å². The molecular formula is C20H15N3. The van der Waals surface area contributed by atoms with Crippen LogP contribution in [-0.4, -0.2) is 15.4 Å². The number of rotatable bonds is 3. The molecule has 3 nitrogen and oxygen atoms in total. The number of benzene rings is 3. The van der Waals surface area contributed by atoms with Gasteiger partial charge >= 0.3 is 0 Å². The predicted octanol–water partition coefficient (Wildman–Crippen LogP) is 4.55. The molecule has 23 heavy (non-hydrogen) atoms. The van der Waals surface area contributed by atoms with Crippen LogP contribution in [0.25, 0.3) is 22.7 Å². The van der Waals surface area contributed by atoms with Crippen molar-refractivity contribution in [1.29, 1.82) is 0 Å². The molecule has 1 N–H and O–H groups in total. The molecule has 0 fully saturated rings. The van der Waals surface area contributed by atoms with Crippen LogP contribution in [0.5, 0.6) is 0 Å². The number of hydrogen-bond acceptors (Lipinski definition) is 2. The average Bonchev–Trinajstić information content (AvgIpc) is 3.10. The van der Waals surface area contributed by atoms with Crippen molar-refractivity contribution in [3.63, 3.8) is 0 Å². The molecule has 0 saturated carbocycles. The summed E-state index contributed by atoms with van der Waals surface area (Å²) < 4.78 is 0. The third kappa shape index (κ3) is 2.64. The molecule has 0 aliphatic heterocycles. The minimum Gasteiger partial charge on any atom is -0.258 e. The molecule has 4 rings (SSSR count). The second-order valence-corrected chi connectivity index (χ2v) is 5.35. The number of aromatic nitrogens is 3. The fourth-order valence-corrected chi connectivity index (χ4v) is 2.74. The Balaban J connectivity index is 1.96. The molecule has 4 aromatic rings. The van der Waals surface area contributed by atoms with Gasteiger partial charge in [-0.05, 0) is 28.8 Å². The quantitative estimate of drug-likeness (QED) is 0.564. The Morgan fingerprint density at radius 1 is 0.783 bits per heavy atom. The zero-order chi connectivity index (χ0) is 15.5. The number of nitrogens with one attached hydrogen (secondary N) is 1. The Morgan fingerprint density at radius 2 is 1.52 bits per heavy atom. The minimum absolute atomic E-state index is 0.888. The van der Waals surface area contributed by atoms with Gasteiger partial charge in [-0.1, -0.05) is 78.0 Å². The molecule has 0 amide bonds. The lowest BCUT2D eigenvalue weighted by Crippen LogP contribution is -1.90. The van der Waals surface area contributed by atoms with Crippen molar-refractivity contribution in [3.8, 4) is 0 Å².